The molecule has 2 unspecified atom stereocenters. The van der Waals surface area contributed by atoms with E-state index in [0.29, 0.717) is 0 Å². The lowest BCUT2D eigenvalue weighted by Crippen LogP contribution is -2.68. The second-order valence-electron chi connectivity index (χ2n) is 4.95. The van der Waals surface area contributed by atoms with Gasteiger partial charge in [-0.15, -0.1) is 0 Å². The minimum Gasteiger partial charge on any atom is -0.477 e. The van der Waals surface area contributed by atoms with Gasteiger partial charge in [-0.05, 0) is 0 Å². The summed E-state index contributed by atoms with van der Waals surface area (Å²) < 4.78 is 18.9. The first-order valence-corrected chi connectivity index (χ1v) is 6.22. The molecule has 0 bridgehead atoms. The van der Waals surface area contributed by atoms with E-state index in [9.17, 15) is 24.2 Å². The van der Waals surface area contributed by atoms with E-state index >= 15 is 0 Å². The van der Waals surface area contributed by atoms with E-state index in [-0.39, 0.29) is 0 Å². The third-order valence-electron chi connectivity index (χ3n) is 3.24. The van der Waals surface area contributed by atoms with Crippen LogP contribution in [-0.2, 0) is 14.3 Å². The number of amides is 1. The van der Waals surface area contributed by atoms with Crippen molar-refractivity contribution < 1.29 is 39.1 Å². The maximum absolute atomic E-state index is 14.2. The monoisotopic (exact) mass is 310 g/mol. The molecule has 0 saturated carbocycles. The zero-order valence-electron chi connectivity index (χ0n) is 11.3. The van der Waals surface area contributed by atoms with Crippen LogP contribution in [0.2, 0.25) is 0 Å². The molecule has 0 aliphatic carbocycles. The first-order valence-electron chi connectivity index (χ1n) is 6.22. The molecule has 1 heterocycles. The van der Waals surface area contributed by atoms with Gasteiger partial charge in [-0.25, -0.2) is 4.79 Å². The Labute approximate surface area is 119 Å². The van der Waals surface area contributed by atoms with Gasteiger partial charge in [0.05, 0.1) is 12.6 Å². The largest absolute Gasteiger partial charge is 0.477 e. The molecule has 7 N–H and O–H groups in total. The summed E-state index contributed by atoms with van der Waals surface area (Å²) in [5.41, 5.74) is 5.66. The molecule has 0 aromatic rings. The second-order valence-corrected chi connectivity index (χ2v) is 4.95. The van der Waals surface area contributed by atoms with Crippen molar-refractivity contribution in [1.82, 2.24) is 5.32 Å². The molecule has 1 rings (SSSR count). The average molecular weight is 310 g/mol. The molecule has 21 heavy (non-hydrogen) atoms. The van der Waals surface area contributed by atoms with E-state index in [1.165, 1.54) is 0 Å². The van der Waals surface area contributed by atoms with Gasteiger partial charge in [0.25, 0.3) is 0 Å². The Hall–Kier alpha value is -1.33. The summed E-state index contributed by atoms with van der Waals surface area (Å²) in [6.45, 7) is 0.280. The van der Waals surface area contributed by atoms with Gasteiger partial charge in [-0.1, -0.05) is 0 Å². The summed E-state index contributed by atoms with van der Waals surface area (Å²) in [5, 5.41) is 39.3. The fraction of sp³-hybridized carbons (Fsp3) is 0.818. The Bertz CT molecular complexity index is 410. The number of hydrogen-bond donors (Lipinski definition) is 6. The topological polar surface area (TPSA) is 162 Å². The normalized spacial score (nSPS) is 35.8. The number of ether oxygens (including phenoxy) is 1. The maximum Gasteiger partial charge on any atom is 0.369 e. The van der Waals surface area contributed by atoms with Crippen molar-refractivity contribution in [3.63, 3.8) is 0 Å². The fourth-order valence-electron chi connectivity index (χ4n) is 2.18. The number of hydrogen-bond acceptors (Lipinski definition) is 7. The summed E-state index contributed by atoms with van der Waals surface area (Å²) in [7, 11) is 0. The zero-order valence-corrected chi connectivity index (χ0v) is 11.3. The van der Waals surface area contributed by atoms with Crippen LogP contribution in [0.1, 0.15) is 13.3 Å². The number of nitrogens with one attached hydrogen (secondary N) is 1. The highest BCUT2D eigenvalue weighted by molar-refractivity contribution is 5.76. The van der Waals surface area contributed by atoms with E-state index in [2.05, 4.69) is 5.32 Å². The number of halogens is 1. The lowest BCUT2D eigenvalue weighted by molar-refractivity contribution is -0.254. The summed E-state index contributed by atoms with van der Waals surface area (Å²) in [5.74, 6) is -5.65. The Morgan fingerprint density at radius 1 is 1.52 bits per heavy atom. The molecule has 9 nitrogen and oxygen atoms in total. The molecule has 1 aliphatic rings. The van der Waals surface area contributed by atoms with Crippen molar-refractivity contribution in [3.05, 3.63) is 0 Å². The highest BCUT2D eigenvalue weighted by Crippen LogP contribution is 2.32. The number of aliphatic hydroxyl groups is 3. The van der Waals surface area contributed by atoms with E-state index in [1.807, 2.05) is 0 Å². The van der Waals surface area contributed by atoms with Crippen molar-refractivity contribution in [2.75, 3.05) is 6.61 Å². The molecule has 1 aliphatic heterocycles. The van der Waals surface area contributed by atoms with E-state index in [0.717, 1.165) is 6.92 Å². The quantitative estimate of drug-likeness (QED) is 0.314. The second kappa shape index (κ2) is 6.62. The van der Waals surface area contributed by atoms with Gasteiger partial charge < -0.3 is 36.2 Å². The smallest absolute Gasteiger partial charge is 0.369 e. The average Bonchev–Trinajstić information content (AvgIpc) is 2.39. The zero-order chi connectivity index (χ0) is 16.4. The Balaban J connectivity index is 3.07. The summed E-state index contributed by atoms with van der Waals surface area (Å²) in [4.78, 5) is 22.1. The molecule has 0 aromatic carbocycles. The molecule has 0 spiro atoms. The summed E-state index contributed by atoms with van der Waals surface area (Å²) >= 11 is 0. The van der Waals surface area contributed by atoms with Crippen LogP contribution in [0.3, 0.4) is 0 Å². The van der Waals surface area contributed by atoms with Crippen LogP contribution < -0.4 is 11.1 Å². The van der Waals surface area contributed by atoms with Gasteiger partial charge in [0.15, 0.2) is 0 Å². The number of carboxylic acid groups (broad SMARTS) is 1. The van der Waals surface area contributed by atoms with Crippen LogP contribution in [0, 0.1) is 0 Å². The first kappa shape index (κ1) is 17.7. The van der Waals surface area contributed by atoms with Crippen LogP contribution in [0.15, 0.2) is 0 Å². The van der Waals surface area contributed by atoms with Gasteiger partial charge in [0, 0.05) is 19.4 Å². The van der Waals surface area contributed by atoms with Crippen molar-refractivity contribution in [1.29, 1.82) is 0 Å². The highest BCUT2D eigenvalue weighted by Gasteiger charge is 2.54. The standard InChI is InChI=1S/C11H19FN2O7/c1-4(16)14-7-5(13)2-11(12,10(19)20)21-9(7)8(18)6(17)3-15/h5-9,15,17-18H,2-3,13H2,1H3,(H,14,16)(H,19,20)/t5?,6-,7-,8-,9?,11-/m1/s1. The third-order valence-corrected chi connectivity index (χ3v) is 3.24. The van der Waals surface area contributed by atoms with Gasteiger partial charge in [0.1, 0.15) is 18.3 Å². The molecular formula is C11H19FN2O7. The fourth-order valence-corrected chi connectivity index (χ4v) is 2.18. The number of carboxylic acids is 1. The predicted molar refractivity (Wildman–Crippen MR) is 65.6 cm³/mol. The van der Waals surface area contributed by atoms with Gasteiger partial charge in [-0.3, -0.25) is 4.79 Å². The molecule has 10 heteroatoms. The molecule has 1 amide bonds. The van der Waals surface area contributed by atoms with Gasteiger partial charge in [-0.2, -0.15) is 4.39 Å². The number of rotatable bonds is 5. The minimum absolute atomic E-state index is 0.559. The lowest BCUT2D eigenvalue weighted by Gasteiger charge is -2.44. The number of aliphatic hydroxyl groups excluding tert-OH is 3. The predicted octanol–water partition coefficient (Wildman–Crippen LogP) is -2.93. The van der Waals surface area contributed by atoms with Crippen molar-refractivity contribution in [3.8, 4) is 0 Å². The summed E-state index contributed by atoms with van der Waals surface area (Å²) in [6, 6.07) is -2.30. The maximum atomic E-state index is 14.2. The summed E-state index contributed by atoms with van der Waals surface area (Å²) in [6.07, 6.45) is -5.94. The van der Waals surface area contributed by atoms with Crippen LogP contribution in [0.4, 0.5) is 4.39 Å². The van der Waals surface area contributed by atoms with Gasteiger partial charge >= 0.3 is 11.8 Å². The molecule has 0 aromatic heterocycles. The molecule has 122 valence electrons. The number of carbonyl (C=O) groups is 2. The molecule has 1 saturated heterocycles. The van der Waals surface area contributed by atoms with Crippen molar-refractivity contribution >= 4 is 11.9 Å². The number of alkyl halides is 1. The van der Waals surface area contributed by atoms with Crippen LogP contribution in [-0.4, -0.2) is 75.2 Å². The van der Waals surface area contributed by atoms with E-state index < -0.39 is 61.2 Å². The molecule has 0 radical (unpaired) electrons. The first-order chi connectivity index (χ1) is 9.62. The molecular weight excluding hydrogens is 291 g/mol. The van der Waals surface area contributed by atoms with Gasteiger partial charge in [0.2, 0.25) is 5.91 Å². The van der Waals surface area contributed by atoms with Crippen molar-refractivity contribution in [2.24, 2.45) is 5.73 Å². The third kappa shape index (κ3) is 3.86. The van der Waals surface area contributed by atoms with E-state index in [1.54, 1.807) is 0 Å². The van der Waals surface area contributed by atoms with Crippen molar-refractivity contribution in [2.45, 2.75) is 49.6 Å². The Morgan fingerprint density at radius 2 is 2.10 bits per heavy atom. The minimum atomic E-state index is -3.16. The molecule has 1 fully saturated rings. The van der Waals surface area contributed by atoms with Crippen LogP contribution in [0.5, 0.6) is 0 Å². The number of nitrogens with two attached hydrogens (primary N) is 1. The van der Waals surface area contributed by atoms with Crippen LogP contribution in [0.25, 0.3) is 0 Å². The Kier molecular flexibility index (Phi) is 5.59. The molecule has 6 atom stereocenters. The lowest BCUT2D eigenvalue weighted by atomic mass is 9.88. The van der Waals surface area contributed by atoms with E-state index in [4.69, 9.17) is 20.7 Å². The SMILES string of the molecule is CC(=O)N[C@@H]1C(N)C[C@](F)(C(=O)O)OC1[C@H](O)[C@H](O)CO. The number of aliphatic carboxylic acids is 1. The number of carbonyl (C=O) groups excluding carboxylic acids is 1. The highest BCUT2D eigenvalue weighted by atomic mass is 19.2. The Morgan fingerprint density at radius 3 is 2.52 bits per heavy atom. The van der Waals surface area contributed by atoms with Crippen LogP contribution >= 0.6 is 0 Å².